The van der Waals surface area contributed by atoms with Crippen LogP contribution in [0.4, 0.5) is 5.82 Å². The van der Waals surface area contributed by atoms with E-state index in [1.54, 1.807) is 12.1 Å². The molecule has 1 aromatic heterocycles. The van der Waals surface area contributed by atoms with Crippen LogP contribution < -0.4 is 5.32 Å². The standard InChI is InChI=1S/C9H8ClN3/c10-9-6(5-11)1-4-8(13-9)12-7-2-3-7/h1,4,7H,2-3H2,(H,12,13). The number of pyridine rings is 1. The first-order valence-corrected chi connectivity index (χ1v) is 4.50. The highest BCUT2D eigenvalue weighted by atomic mass is 35.5. The van der Waals surface area contributed by atoms with E-state index in [0.29, 0.717) is 11.6 Å². The third-order valence-corrected chi connectivity index (χ3v) is 2.19. The van der Waals surface area contributed by atoms with Gasteiger partial charge in [0, 0.05) is 6.04 Å². The lowest BCUT2D eigenvalue weighted by molar-refractivity contribution is 1.11. The molecule has 3 nitrogen and oxygen atoms in total. The number of nitrogens with one attached hydrogen (secondary N) is 1. The van der Waals surface area contributed by atoms with Crippen LogP contribution >= 0.6 is 11.6 Å². The zero-order valence-electron chi connectivity index (χ0n) is 6.92. The van der Waals surface area contributed by atoms with E-state index in [-0.39, 0.29) is 5.15 Å². The molecule has 1 heterocycles. The van der Waals surface area contributed by atoms with Crippen LogP contribution in [0.25, 0.3) is 0 Å². The van der Waals surface area contributed by atoms with Crippen molar-refractivity contribution in [3.63, 3.8) is 0 Å². The highest BCUT2D eigenvalue weighted by molar-refractivity contribution is 6.30. The van der Waals surface area contributed by atoms with Gasteiger partial charge in [-0.2, -0.15) is 5.26 Å². The Hall–Kier alpha value is -1.27. The van der Waals surface area contributed by atoms with E-state index in [2.05, 4.69) is 10.3 Å². The third-order valence-electron chi connectivity index (χ3n) is 1.90. The zero-order valence-corrected chi connectivity index (χ0v) is 7.67. The van der Waals surface area contributed by atoms with E-state index in [1.807, 2.05) is 6.07 Å². The average molecular weight is 194 g/mol. The summed E-state index contributed by atoms with van der Waals surface area (Å²) in [6.07, 6.45) is 2.39. The lowest BCUT2D eigenvalue weighted by atomic mass is 10.3. The molecule has 66 valence electrons. The maximum absolute atomic E-state index is 8.61. The molecule has 1 aliphatic carbocycles. The summed E-state index contributed by atoms with van der Waals surface area (Å²) in [6, 6.07) is 5.98. The molecule has 4 heteroatoms. The first kappa shape index (κ1) is 8.33. The summed E-state index contributed by atoms with van der Waals surface area (Å²) in [5.41, 5.74) is 0.419. The number of nitriles is 1. The Kier molecular flexibility index (Phi) is 2.07. The van der Waals surface area contributed by atoms with E-state index in [0.717, 1.165) is 5.82 Å². The normalized spacial score (nSPS) is 15.1. The summed E-state index contributed by atoms with van der Waals surface area (Å²) in [6.45, 7) is 0. The second-order valence-corrected chi connectivity index (χ2v) is 3.42. The molecule has 0 bridgehead atoms. The van der Waals surface area contributed by atoms with Gasteiger partial charge in [-0.1, -0.05) is 11.6 Å². The fourth-order valence-electron chi connectivity index (χ4n) is 1.03. The minimum Gasteiger partial charge on any atom is -0.367 e. The zero-order chi connectivity index (χ0) is 9.26. The molecule has 0 unspecified atom stereocenters. The highest BCUT2D eigenvalue weighted by Gasteiger charge is 2.21. The Morgan fingerprint density at radius 2 is 2.31 bits per heavy atom. The highest BCUT2D eigenvalue weighted by Crippen LogP contribution is 2.24. The second kappa shape index (κ2) is 3.23. The molecular weight excluding hydrogens is 186 g/mol. The molecule has 1 aromatic rings. The molecule has 0 aromatic carbocycles. The monoisotopic (exact) mass is 193 g/mol. The average Bonchev–Trinajstić information content (AvgIpc) is 2.89. The number of halogens is 1. The molecule has 1 N–H and O–H groups in total. The van der Waals surface area contributed by atoms with Crippen molar-refractivity contribution >= 4 is 17.4 Å². The molecule has 0 saturated heterocycles. The first-order chi connectivity index (χ1) is 6.29. The van der Waals surface area contributed by atoms with Gasteiger partial charge in [0.1, 0.15) is 17.0 Å². The molecule has 0 spiro atoms. The minimum absolute atomic E-state index is 0.271. The van der Waals surface area contributed by atoms with Crippen LogP contribution in [0.5, 0.6) is 0 Å². The van der Waals surface area contributed by atoms with Crippen LogP contribution in [-0.4, -0.2) is 11.0 Å². The molecule has 2 rings (SSSR count). The third kappa shape index (κ3) is 1.90. The van der Waals surface area contributed by atoms with E-state index < -0.39 is 0 Å². The molecule has 0 aliphatic heterocycles. The molecular formula is C9H8ClN3. The van der Waals surface area contributed by atoms with Crippen molar-refractivity contribution in [3.05, 3.63) is 22.8 Å². The van der Waals surface area contributed by atoms with E-state index in [1.165, 1.54) is 12.8 Å². The molecule has 0 atom stereocenters. The van der Waals surface area contributed by atoms with Crippen LogP contribution in [0.3, 0.4) is 0 Å². The van der Waals surface area contributed by atoms with E-state index in [9.17, 15) is 0 Å². The van der Waals surface area contributed by atoms with Crippen molar-refractivity contribution in [2.75, 3.05) is 5.32 Å². The quantitative estimate of drug-likeness (QED) is 0.733. The predicted molar refractivity (Wildman–Crippen MR) is 50.6 cm³/mol. The number of hydrogen-bond donors (Lipinski definition) is 1. The summed E-state index contributed by atoms with van der Waals surface area (Å²) in [5, 5.41) is 12.1. The fraction of sp³-hybridized carbons (Fsp3) is 0.333. The van der Waals surface area contributed by atoms with Gasteiger partial charge in [-0.05, 0) is 25.0 Å². The number of aromatic nitrogens is 1. The van der Waals surface area contributed by atoms with Crippen LogP contribution in [0.15, 0.2) is 12.1 Å². The number of rotatable bonds is 2. The Balaban J connectivity index is 2.19. The van der Waals surface area contributed by atoms with Gasteiger partial charge in [-0.3, -0.25) is 0 Å². The Labute approximate surface area is 81.4 Å². The van der Waals surface area contributed by atoms with Crippen molar-refractivity contribution in [1.82, 2.24) is 4.98 Å². The van der Waals surface area contributed by atoms with Gasteiger partial charge in [0.2, 0.25) is 0 Å². The van der Waals surface area contributed by atoms with Crippen molar-refractivity contribution in [3.8, 4) is 6.07 Å². The van der Waals surface area contributed by atoms with Crippen molar-refractivity contribution in [1.29, 1.82) is 5.26 Å². The fourth-order valence-corrected chi connectivity index (χ4v) is 1.23. The molecule has 13 heavy (non-hydrogen) atoms. The van der Waals surface area contributed by atoms with Gasteiger partial charge in [0.25, 0.3) is 0 Å². The lowest BCUT2D eigenvalue weighted by Crippen LogP contribution is -2.03. The van der Waals surface area contributed by atoms with Crippen LogP contribution in [0, 0.1) is 11.3 Å². The molecule has 0 radical (unpaired) electrons. The Morgan fingerprint density at radius 1 is 1.54 bits per heavy atom. The summed E-state index contributed by atoms with van der Waals surface area (Å²) < 4.78 is 0. The van der Waals surface area contributed by atoms with Crippen LogP contribution in [0.1, 0.15) is 18.4 Å². The Morgan fingerprint density at radius 3 is 2.85 bits per heavy atom. The summed E-state index contributed by atoms with van der Waals surface area (Å²) in [5.74, 6) is 0.756. The maximum Gasteiger partial charge on any atom is 0.149 e. The van der Waals surface area contributed by atoms with Crippen LogP contribution in [-0.2, 0) is 0 Å². The topological polar surface area (TPSA) is 48.7 Å². The Bertz CT molecular complexity index is 366. The van der Waals surface area contributed by atoms with Crippen molar-refractivity contribution in [2.24, 2.45) is 0 Å². The van der Waals surface area contributed by atoms with Crippen LogP contribution in [0.2, 0.25) is 5.15 Å². The van der Waals surface area contributed by atoms with Crippen molar-refractivity contribution < 1.29 is 0 Å². The van der Waals surface area contributed by atoms with E-state index >= 15 is 0 Å². The van der Waals surface area contributed by atoms with Gasteiger partial charge < -0.3 is 5.32 Å². The predicted octanol–water partition coefficient (Wildman–Crippen LogP) is 2.18. The van der Waals surface area contributed by atoms with Gasteiger partial charge >= 0.3 is 0 Å². The molecule has 0 amide bonds. The smallest absolute Gasteiger partial charge is 0.149 e. The largest absolute Gasteiger partial charge is 0.367 e. The number of hydrogen-bond acceptors (Lipinski definition) is 3. The number of nitrogens with zero attached hydrogens (tertiary/aromatic N) is 2. The van der Waals surface area contributed by atoms with Gasteiger partial charge in [0.15, 0.2) is 0 Å². The SMILES string of the molecule is N#Cc1ccc(NC2CC2)nc1Cl. The van der Waals surface area contributed by atoms with Crippen molar-refractivity contribution in [2.45, 2.75) is 18.9 Å². The van der Waals surface area contributed by atoms with Gasteiger partial charge in [0.05, 0.1) is 5.56 Å². The molecule has 1 fully saturated rings. The van der Waals surface area contributed by atoms with Gasteiger partial charge in [-0.15, -0.1) is 0 Å². The van der Waals surface area contributed by atoms with E-state index in [4.69, 9.17) is 16.9 Å². The first-order valence-electron chi connectivity index (χ1n) is 4.13. The second-order valence-electron chi connectivity index (χ2n) is 3.07. The minimum atomic E-state index is 0.271. The summed E-state index contributed by atoms with van der Waals surface area (Å²) >= 11 is 5.76. The maximum atomic E-state index is 8.61. The molecule has 1 saturated carbocycles. The summed E-state index contributed by atoms with van der Waals surface area (Å²) in [7, 11) is 0. The summed E-state index contributed by atoms with van der Waals surface area (Å²) in [4.78, 5) is 4.06. The molecule has 1 aliphatic rings. The van der Waals surface area contributed by atoms with Gasteiger partial charge in [-0.25, -0.2) is 4.98 Å². The number of anilines is 1. The lowest BCUT2D eigenvalue weighted by Gasteiger charge is -2.03.